The van der Waals surface area contributed by atoms with Crippen LogP contribution in [0.5, 0.6) is 0 Å². The summed E-state index contributed by atoms with van der Waals surface area (Å²) in [7, 11) is 2.37. The van der Waals surface area contributed by atoms with Gasteiger partial charge < -0.3 is 10.2 Å². The van der Waals surface area contributed by atoms with Crippen molar-refractivity contribution in [2.75, 3.05) is 26.7 Å². The molecule has 0 radical (unpaired) electrons. The summed E-state index contributed by atoms with van der Waals surface area (Å²) in [5.41, 5.74) is 0.462. The second-order valence-electron chi connectivity index (χ2n) is 8.85. The average molecular weight is 293 g/mol. The molecule has 21 heavy (non-hydrogen) atoms. The van der Waals surface area contributed by atoms with Gasteiger partial charge in [-0.05, 0) is 68.7 Å². The number of nitrogens with one attached hydrogen (secondary N) is 1. The Hall–Kier alpha value is -0.0800. The normalized spacial score (nSPS) is 34.6. The monoisotopic (exact) mass is 292 g/mol. The van der Waals surface area contributed by atoms with Crippen LogP contribution in [0, 0.1) is 23.2 Å². The van der Waals surface area contributed by atoms with Crippen LogP contribution in [0.4, 0.5) is 0 Å². The fourth-order valence-electron chi connectivity index (χ4n) is 5.22. The van der Waals surface area contributed by atoms with Crippen LogP contribution in [0.15, 0.2) is 0 Å². The van der Waals surface area contributed by atoms with Gasteiger partial charge in [-0.2, -0.15) is 0 Å². The lowest BCUT2D eigenvalue weighted by Gasteiger charge is -2.36. The molecule has 0 spiro atoms. The van der Waals surface area contributed by atoms with Crippen LogP contribution in [-0.2, 0) is 0 Å². The van der Waals surface area contributed by atoms with Crippen molar-refractivity contribution in [3.63, 3.8) is 0 Å². The molecule has 4 atom stereocenters. The highest BCUT2D eigenvalue weighted by molar-refractivity contribution is 4.92. The van der Waals surface area contributed by atoms with Gasteiger partial charge in [0.05, 0.1) is 0 Å². The second-order valence-corrected chi connectivity index (χ2v) is 8.85. The van der Waals surface area contributed by atoms with Gasteiger partial charge in [0.1, 0.15) is 0 Å². The first kappa shape index (κ1) is 15.8. The van der Waals surface area contributed by atoms with Crippen LogP contribution in [-0.4, -0.2) is 37.6 Å². The van der Waals surface area contributed by atoms with E-state index < -0.39 is 0 Å². The fraction of sp³-hybridized carbons (Fsp3) is 1.00. The number of hydrogen-bond acceptors (Lipinski definition) is 2. The quantitative estimate of drug-likeness (QED) is 0.693. The molecule has 3 fully saturated rings. The van der Waals surface area contributed by atoms with E-state index in [2.05, 4.69) is 31.1 Å². The summed E-state index contributed by atoms with van der Waals surface area (Å²) in [6.45, 7) is 8.68. The van der Waals surface area contributed by atoms with Crippen molar-refractivity contribution >= 4 is 0 Å². The molecule has 2 nitrogen and oxygen atoms in total. The van der Waals surface area contributed by atoms with E-state index in [0.29, 0.717) is 5.41 Å². The van der Waals surface area contributed by atoms with Crippen molar-refractivity contribution in [3.8, 4) is 0 Å². The lowest BCUT2D eigenvalue weighted by atomic mass is 9.83. The Kier molecular flexibility index (Phi) is 4.95. The Morgan fingerprint density at radius 3 is 2.52 bits per heavy atom. The standard InChI is InChI=1S/C19H36N2/c1-4-9-19(2,13-20-18-7-8-18)14-21(3)12-17-11-15-5-6-16(17)10-15/h15-18,20H,4-14H2,1-3H3. The molecule has 0 aromatic rings. The van der Waals surface area contributed by atoms with E-state index >= 15 is 0 Å². The predicted molar refractivity (Wildman–Crippen MR) is 90.5 cm³/mol. The van der Waals surface area contributed by atoms with Gasteiger partial charge in [-0.3, -0.25) is 0 Å². The third-order valence-electron chi connectivity index (χ3n) is 6.33. The minimum Gasteiger partial charge on any atom is -0.313 e. The van der Waals surface area contributed by atoms with Crippen molar-refractivity contribution in [2.24, 2.45) is 23.2 Å². The number of rotatable bonds is 9. The zero-order valence-corrected chi connectivity index (χ0v) is 14.5. The molecule has 1 N–H and O–H groups in total. The van der Waals surface area contributed by atoms with Gasteiger partial charge in [0.15, 0.2) is 0 Å². The molecule has 2 bridgehead atoms. The molecule has 122 valence electrons. The topological polar surface area (TPSA) is 15.3 Å². The van der Waals surface area contributed by atoms with E-state index in [1.54, 1.807) is 6.42 Å². The molecule has 2 heteroatoms. The van der Waals surface area contributed by atoms with Crippen molar-refractivity contribution < 1.29 is 0 Å². The van der Waals surface area contributed by atoms with Gasteiger partial charge in [0.25, 0.3) is 0 Å². The van der Waals surface area contributed by atoms with Crippen LogP contribution in [0.1, 0.15) is 65.2 Å². The third-order valence-corrected chi connectivity index (χ3v) is 6.33. The summed E-state index contributed by atoms with van der Waals surface area (Å²) in [6, 6.07) is 0.844. The zero-order chi connectivity index (χ0) is 14.9. The second kappa shape index (κ2) is 6.58. The highest BCUT2D eigenvalue weighted by Crippen LogP contribution is 2.48. The summed E-state index contributed by atoms with van der Waals surface area (Å²) >= 11 is 0. The van der Waals surface area contributed by atoms with E-state index in [0.717, 1.165) is 23.8 Å². The average Bonchev–Trinajstić information content (AvgIpc) is 3.04. The molecular formula is C19H36N2. The molecule has 0 saturated heterocycles. The van der Waals surface area contributed by atoms with Gasteiger partial charge in [-0.25, -0.2) is 0 Å². The molecular weight excluding hydrogens is 256 g/mol. The molecule has 0 amide bonds. The molecule has 3 saturated carbocycles. The predicted octanol–water partition coefficient (Wildman–Crippen LogP) is 3.91. The van der Waals surface area contributed by atoms with Crippen LogP contribution >= 0.6 is 0 Å². The van der Waals surface area contributed by atoms with E-state index in [9.17, 15) is 0 Å². The lowest BCUT2D eigenvalue weighted by molar-refractivity contribution is 0.140. The number of hydrogen-bond donors (Lipinski definition) is 1. The first-order valence-corrected chi connectivity index (χ1v) is 9.50. The molecule has 3 aliphatic carbocycles. The summed E-state index contributed by atoms with van der Waals surface area (Å²) in [4.78, 5) is 2.66. The molecule has 3 aliphatic rings. The van der Waals surface area contributed by atoms with Gasteiger partial charge in [0, 0.05) is 25.7 Å². The van der Waals surface area contributed by atoms with E-state index in [-0.39, 0.29) is 0 Å². The smallest absolute Gasteiger partial charge is 0.00684 e. The van der Waals surface area contributed by atoms with Crippen LogP contribution in [0.3, 0.4) is 0 Å². The van der Waals surface area contributed by atoms with E-state index in [1.807, 2.05) is 0 Å². The maximum Gasteiger partial charge on any atom is 0.00684 e. The Morgan fingerprint density at radius 2 is 1.95 bits per heavy atom. The third kappa shape index (κ3) is 4.22. The Balaban J connectivity index is 1.46. The summed E-state index contributed by atoms with van der Waals surface area (Å²) in [6.07, 6.45) is 11.6. The molecule has 4 unspecified atom stereocenters. The van der Waals surface area contributed by atoms with Gasteiger partial charge >= 0.3 is 0 Å². The lowest BCUT2D eigenvalue weighted by Crippen LogP contribution is -2.43. The maximum absolute atomic E-state index is 3.78. The highest BCUT2D eigenvalue weighted by Gasteiger charge is 2.40. The minimum atomic E-state index is 0.462. The summed E-state index contributed by atoms with van der Waals surface area (Å²) < 4.78 is 0. The van der Waals surface area contributed by atoms with Crippen molar-refractivity contribution in [1.82, 2.24) is 10.2 Å². The highest BCUT2D eigenvalue weighted by atomic mass is 15.1. The molecule has 0 aliphatic heterocycles. The minimum absolute atomic E-state index is 0.462. The van der Waals surface area contributed by atoms with Crippen LogP contribution in [0.2, 0.25) is 0 Å². The van der Waals surface area contributed by atoms with Gasteiger partial charge in [0.2, 0.25) is 0 Å². The van der Waals surface area contributed by atoms with Crippen LogP contribution in [0.25, 0.3) is 0 Å². The number of fused-ring (bicyclic) bond motifs is 2. The largest absolute Gasteiger partial charge is 0.313 e. The zero-order valence-electron chi connectivity index (χ0n) is 14.5. The Bertz CT molecular complexity index is 338. The molecule has 0 heterocycles. The summed E-state index contributed by atoms with van der Waals surface area (Å²) in [5.74, 6) is 3.17. The number of nitrogens with zero attached hydrogens (tertiary/aromatic N) is 1. The van der Waals surface area contributed by atoms with Gasteiger partial charge in [-0.1, -0.05) is 26.7 Å². The van der Waals surface area contributed by atoms with E-state index in [4.69, 9.17) is 0 Å². The SMILES string of the molecule is CCCC(C)(CNC1CC1)CN(C)CC1CC2CCC1C2. The van der Waals surface area contributed by atoms with Crippen LogP contribution < -0.4 is 5.32 Å². The first-order valence-electron chi connectivity index (χ1n) is 9.50. The molecule has 0 aromatic heterocycles. The maximum atomic E-state index is 3.78. The fourth-order valence-corrected chi connectivity index (χ4v) is 5.22. The molecule has 3 rings (SSSR count). The van der Waals surface area contributed by atoms with Crippen molar-refractivity contribution in [2.45, 2.75) is 71.3 Å². The van der Waals surface area contributed by atoms with Crippen molar-refractivity contribution in [1.29, 1.82) is 0 Å². The Labute approximate surface area is 132 Å². The van der Waals surface area contributed by atoms with Gasteiger partial charge in [-0.15, -0.1) is 0 Å². The van der Waals surface area contributed by atoms with E-state index in [1.165, 1.54) is 64.6 Å². The summed E-state index contributed by atoms with van der Waals surface area (Å²) in [5, 5.41) is 3.78. The van der Waals surface area contributed by atoms with Crippen molar-refractivity contribution in [3.05, 3.63) is 0 Å². The first-order chi connectivity index (χ1) is 10.1. The Morgan fingerprint density at radius 1 is 1.14 bits per heavy atom. The molecule has 0 aromatic carbocycles.